The van der Waals surface area contributed by atoms with Gasteiger partial charge in [0.1, 0.15) is 0 Å². The van der Waals surface area contributed by atoms with E-state index in [1.54, 1.807) is 6.08 Å². The topological polar surface area (TPSA) is 37.3 Å². The van der Waals surface area contributed by atoms with Gasteiger partial charge in [-0.25, -0.2) is 0 Å². The molecule has 2 fully saturated rings. The molecule has 22 heavy (non-hydrogen) atoms. The Morgan fingerprint density at radius 1 is 1.27 bits per heavy atom. The van der Waals surface area contributed by atoms with Gasteiger partial charge in [-0.15, -0.1) is 6.42 Å². The summed E-state index contributed by atoms with van der Waals surface area (Å²) in [6.45, 7) is 2.33. The van der Waals surface area contributed by atoms with E-state index in [9.17, 15) is 9.90 Å². The number of rotatable bonds is 0. The summed E-state index contributed by atoms with van der Waals surface area (Å²) in [5, 5.41) is 11.4. The van der Waals surface area contributed by atoms with Crippen LogP contribution in [-0.2, 0) is 4.79 Å². The number of carbonyl (C=O) groups excluding carboxylic acids is 1. The quantitative estimate of drug-likeness (QED) is 0.696. The van der Waals surface area contributed by atoms with Gasteiger partial charge >= 0.3 is 0 Å². The van der Waals surface area contributed by atoms with Crippen LogP contribution in [0.4, 0.5) is 0 Å². The molecule has 2 nitrogen and oxygen atoms in total. The molecule has 0 spiro atoms. The number of hydrogen-bond acceptors (Lipinski definition) is 2. The fraction of sp³-hybridized carbons (Fsp3) is 0.650. The minimum Gasteiger partial charge on any atom is -0.385 e. The highest BCUT2D eigenvalue weighted by Gasteiger charge is 2.58. The largest absolute Gasteiger partial charge is 0.385 e. The van der Waals surface area contributed by atoms with Crippen LogP contribution in [0.5, 0.6) is 0 Å². The van der Waals surface area contributed by atoms with E-state index in [1.165, 1.54) is 5.57 Å². The van der Waals surface area contributed by atoms with Crippen molar-refractivity contribution < 1.29 is 9.90 Å². The van der Waals surface area contributed by atoms with Gasteiger partial charge in [0, 0.05) is 17.4 Å². The third-order valence-electron chi connectivity index (χ3n) is 7.18. The van der Waals surface area contributed by atoms with Gasteiger partial charge < -0.3 is 5.11 Å². The predicted octanol–water partition coefficient (Wildman–Crippen LogP) is 3.41. The molecule has 2 heteroatoms. The zero-order chi connectivity index (χ0) is 15.5. The number of fused-ring (bicyclic) bond motifs is 5. The van der Waals surface area contributed by atoms with E-state index in [1.807, 2.05) is 0 Å². The van der Waals surface area contributed by atoms with Crippen molar-refractivity contribution in [2.75, 3.05) is 0 Å². The summed E-state index contributed by atoms with van der Waals surface area (Å²) in [5.74, 6) is 4.52. The van der Waals surface area contributed by atoms with Crippen molar-refractivity contribution in [1.82, 2.24) is 0 Å². The highest BCUT2D eigenvalue weighted by molar-refractivity contribution is 5.92. The number of aliphatic hydroxyl groups is 1. The Kier molecular flexibility index (Phi) is 2.97. The summed E-state index contributed by atoms with van der Waals surface area (Å²) in [5.41, 5.74) is 1.61. The van der Waals surface area contributed by atoms with Gasteiger partial charge in [-0.05, 0) is 67.9 Å². The molecule has 116 valence electrons. The van der Waals surface area contributed by atoms with Gasteiger partial charge in [0.15, 0.2) is 5.78 Å². The maximum absolute atomic E-state index is 11.7. The first-order valence-electron chi connectivity index (χ1n) is 8.62. The molecule has 4 rings (SSSR count). The Balaban J connectivity index is 1.69. The molecule has 0 bridgehead atoms. The van der Waals surface area contributed by atoms with Crippen molar-refractivity contribution >= 4 is 5.78 Å². The minimum absolute atomic E-state index is 0.137. The lowest BCUT2D eigenvalue weighted by Gasteiger charge is -2.56. The average Bonchev–Trinajstić information content (AvgIpc) is 2.84. The maximum Gasteiger partial charge on any atom is 0.155 e. The van der Waals surface area contributed by atoms with Crippen LogP contribution in [0.25, 0.3) is 0 Å². The molecule has 0 heterocycles. The normalized spacial score (nSPS) is 46.8. The van der Waals surface area contributed by atoms with Crippen LogP contribution in [0.1, 0.15) is 51.9 Å². The second-order valence-corrected chi connectivity index (χ2v) is 7.93. The van der Waals surface area contributed by atoms with Gasteiger partial charge in [-0.1, -0.05) is 18.9 Å². The van der Waals surface area contributed by atoms with E-state index in [0.717, 1.165) is 37.7 Å². The SMILES string of the molecule is C#CC1=CCC2C3CCC4=CC(=O)CC[C@]4(O)C3CC[C@]12C. The molecule has 0 aliphatic heterocycles. The summed E-state index contributed by atoms with van der Waals surface area (Å²) in [7, 11) is 0. The summed E-state index contributed by atoms with van der Waals surface area (Å²) in [6, 6.07) is 0. The third-order valence-corrected chi connectivity index (χ3v) is 7.18. The van der Waals surface area contributed by atoms with Crippen LogP contribution < -0.4 is 0 Å². The molecule has 3 unspecified atom stereocenters. The van der Waals surface area contributed by atoms with Crippen LogP contribution in [-0.4, -0.2) is 16.5 Å². The zero-order valence-electron chi connectivity index (χ0n) is 13.3. The van der Waals surface area contributed by atoms with Crippen LogP contribution in [0, 0.1) is 35.5 Å². The molecule has 4 aliphatic carbocycles. The molecule has 2 saturated carbocycles. The first-order valence-corrected chi connectivity index (χ1v) is 8.62. The lowest BCUT2D eigenvalue weighted by atomic mass is 9.50. The predicted molar refractivity (Wildman–Crippen MR) is 85.9 cm³/mol. The van der Waals surface area contributed by atoms with E-state index >= 15 is 0 Å². The first-order chi connectivity index (χ1) is 10.5. The standard InChI is InChI=1S/C20H24O2/c1-3-13-5-7-17-16-6-4-14-12-15(21)8-11-20(14,22)18(16)9-10-19(13,17)2/h1,5,12,16-18,22H,4,6-11H2,2H3/t16?,17?,18?,19-,20-/m1/s1. The second kappa shape index (κ2) is 4.59. The van der Waals surface area contributed by atoms with Gasteiger partial charge in [0.2, 0.25) is 0 Å². The van der Waals surface area contributed by atoms with Crippen molar-refractivity contribution in [1.29, 1.82) is 0 Å². The van der Waals surface area contributed by atoms with E-state index in [-0.39, 0.29) is 11.2 Å². The van der Waals surface area contributed by atoms with Crippen molar-refractivity contribution in [3.05, 3.63) is 23.3 Å². The monoisotopic (exact) mass is 296 g/mol. The Morgan fingerprint density at radius 3 is 2.86 bits per heavy atom. The Hall–Kier alpha value is -1.33. The molecule has 0 aromatic heterocycles. The zero-order valence-corrected chi connectivity index (χ0v) is 13.3. The van der Waals surface area contributed by atoms with Crippen LogP contribution >= 0.6 is 0 Å². The smallest absolute Gasteiger partial charge is 0.155 e. The molecule has 0 aromatic rings. The highest BCUT2D eigenvalue weighted by Crippen LogP contribution is 2.62. The fourth-order valence-electron chi connectivity index (χ4n) is 5.97. The molecule has 4 aliphatic rings. The van der Waals surface area contributed by atoms with Crippen molar-refractivity contribution in [3.8, 4) is 12.3 Å². The summed E-state index contributed by atoms with van der Waals surface area (Å²) < 4.78 is 0. The molecule has 5 atom stereocenters. The second-order valence-electron chi connectivity index (χ2n) is 7.93. The number of terminal acetylenes is 1. The molecule has 1 N–H and O–H groups in total. The Morgan fingerprint density at radius 2 is 2.09 bits per heavy atom. The van der Waals surface area contributed by atoms with Crippen LogP contribution in [0.3, 0.4) is 0 Å². The molecule has 0 saturated heterocycles. The molecular weight excluding hydrogens is 272 g/mol. The average molecular weight is 296 g/mol. The minimum atomic E-state index is -0.725. The fourth-order valence-corrected chi connectivity index (χ4v) is 5.97. The molecule has 0 aromatic carbocycles. The van der Waals surface area contributed by atoms with Crippen LogP contribution in [0.2, 0.25) is 0 Å². The summed E-state index contributed by atoms with van der Waals surface area (Å²) >= 11 is 0. The first kappa shape index (κ1) is 14.3. The van der Waals surface area contributed by atoms with Crippen molar-refractivity contribution in [2.45, 2.75) is 57.5 Å². The summed E-state index contributed by atoms with van der Waals surface area (Å²) in [6.07, 6.45) is 16.0. The van der Waals surface area contributed by atoms with E-state index in [0.29, 0.717) is 30.6 Å². The van der Waals surface area contributed by atoms with Gasteiger partial charge in [-0.2, -0.15) is 0 Å². The number of ketones is 1. The Labute approximate surface area is 132 Å². The Bertz CT molecular complexity index is 635. The van der Waals surface area contributed by atoms with Gasteiger partial charge in [-0.3, -0.25) is 4.79 Å². The van der Waals surface area contributed by atoms with E-state index < -0.39 is 5.60 Å². The van der Waals surface area contributed by atoms with Crippen molar-refractivity contribution in [2.24, 2.45) is 23.2 Å². The molecule has 0 amide bonds. The molecular formula is C20H24O2. The lowest BCUT2D eigenvalue weighted by Crippen LogP contribution is -2.54. The number of allylic oxidation sites excluding steroid dienone is 3. The van der Waals surface area contributed by atoms with Gasteiger partial charge in [0.25, 0.3) is 0 Å². The van der Waals surface area contributed by atoms with Crippen LogP contribution in [0.15, 0.2) is 23.3 Å². The van der Waals surface area contributed by atoms with E-state index in [2.05, 4.69) is 18.9 Å². The highest BCUT2D eigenvalue weighted by atomic mass is 16.3. The number of carbonyl (C=O) groups is 1. The van der Waals surface area contributed by atoms with E-state index in [4.69, 9.17) is 6.42 Å². The molecule has 0 radical (unpaired) electrons. The van der Waals surface area contributed by atoms with Crippen molar-refractivity contribution in [3.63, 3.8) is 0 Å². The summed E-state index contributed by atoms with van der Waals surface area (Å²) in [4.78, 5) is 11.7. The maximum atomic E-state index is 11.7. The lowest BCUT2D eigenvalue weighted by molar-refractivity contribution is -0.124. The third kappa shape index (κ3) is 1.69. The number of hydrogen-bond donors (Lipinski definition) is 1. The van der Waals surface area contributed by atoms with Gasteiger partial charge in [0.05, 0.1) is 5.60 Å².